The fourth-order valence-electron chi connectivity index (χ4n) is 1.19. The first-order chi connectivity index (χ1) is 4.88. The minimum absolute atomic E-state index is 0.0185. The van der Waals surface area contributed by atoms with Crippen molar-refractivity contribution in [3.63, 3.8) is 0 Å². The molecule has 0 N–H and O–H groups in total. The molecule has 2 unspecified atom stereocenters. The Morgan fingerprint density at radius 1 is 1.70 bits per heavy atom. The summed E-state index contributed by atoms with van der Waals surface area (Å²) in [6.07, 6.45) is 5.94. The average Bonchev–Trinajstić information content (AvgIpc) is 2.04. The molecule has 1 aliphatic heterocycles. The maximum Gasteiger partial charge on any atom is 0.201 e. The van der Waals surface area contributed by atoms with E-state index in [4.69, 9.17) is 9.47 Å². The zero-order valence-electron chi connectivity index (χ0n) is 6.54. The van der Waals surface area contributed by atoms with Crippen molar-refractivity contribution in [2.45, 2.75) is 26.1 Å². The molecule has 0 fully saturated rings. The van der Waals surface area contributed by atoms with Crippen LogP contribution in [0.1, 0.15) is 19.8 Å². The van der Waals surface area contributed by atoms with E-state index in [1.807, 2.05) is 6.08 Å². The molecule has 0 amide bonds. The van der Waals surface area contributed by atoms with Gasteiger partial charge in [0.2, 0.25) is 6.29 Å². The lowest BCUT2D eigenvalue weighted by Crippen LogP contribution is -2.25. The Morgan fingerprint density at radius 2 is 2.50 bits per heavy atom. The van der Waals surface area contributed by atoms with E-state index in [0.717, 1.165) is 12.8 Å². The second-order valence-corrected chi connectivity index (χ2v) is 2.52. The first kappa shape index (κ1) is 7.61. The van der Waals surface area contributed by atoms with Crippen molar-refractivity contribution in [1.29, 1.82) is 0 Å². The lowest BCUT2D eigenvalue weighted by atomic mass is 10.0. The highest BCUT2D eigenvalue weighted by molar-refractivity contribution is 4.84. The van der Waals surface area contributed by atoms with E-state index < -0.39 is 0 Å². The molecule has 58 valence electrons. The molecular weight excluding hydrogens is 128 g/mol. The molecule has 0 spiro atoms. The van der Waals surface area contributed by atoms with Crippen molar-refractivity contribution >= 4 is 0 Å². The molecule has 0 aromatic heterocycles. The van der Waals surface area contributed by atoms with Gasteiger partial charge in [-0.1, -0.05) is 6.92 Å². The van der Waals surface area contributed by atoms with Crippen LogP contribution in [0.15, 0.2) is 12.3 Å². The third kappa shape index (κ3) is 1.51. The summed E-state index contributed by atoms with van der Waals surface area (Å²) in [7, 11) is 1.69. The van der Waals surface area contributed by atoms with Gasteiger partial charge < -0.3 is 9.47 Å². The van der Waals surface area contributed by atoms with Crippen molar-refractivity contribution in [3.05, 3.63) is 12.3 Å². The Hall–Kier alpha value is -0.500. The Kier molecular flexibility index (Phi) is 2.75. The molecule has 2 heteroatoms. The maximum atomic E-state index is 5.23. The van der Waals surface area contributed by atoms with Gasteiger partial charge in [-0.25, -0.2) is 0 Å². The lowest BCUT2D eigenvalue weighted by molar-refractivity contribution is -0.126. The van der Waals surface area contributed by atoms with Crippen LogP contribution in [0, 0.1) is 5.92 Å². The molecule has 2 nitrogen and oxygen atoms in total. The quantitative estimate of drug-likeness (QED) is 0.586. The van der Waals surface area contributed by atoms with Crippen molar-refractivity contribution in [1.82, 2.24) is 0 Å². The molecule has 0 aromatic carbocycles. The standard InChI is InChI=1S/C8H14O2/c1-3-7-5-4-6-10-8(7)9-2/h4,6-8H,3,5H2,1-2H3. The Bertz CT molecular complexity index is 106. The number of hydrogen-bond donors (Lipinski definition) is 0. The summed E-state index contributed by atoms with van der Waals surface area (Å²) in [5, 5.41) is 0. The molecule has 1 heterocycles. The summed E-state index contributed by atoms with van der Waals surface area (Å²) < 4.78 is 10.3. The molecule has 1 aliphatic rings. The molecule has 2 atom stereocenters. The highest BCUT2D eigenvalue weighted by Gasteiger charge is 2.21. The van der Waals surface area contributed by atoms with E-state index in [1.54, 1.807) is 13.4 Å². The molecule has 0 saturated heterocycles. The summed E-state index contributed by atoms with van der Waals surface area (Å²) in [4.78, 5) is 0. The van der Waals surface area contributed by atoms with Crippen LogP contribution in [0.4, 0.5) is 0 Å². The van der Waals surface area contributed by atoms with Crippen LogP contribution in [-0.4, -0.2) is 13.4 Å². The predicted octanol–water partition coefficient (Wildman–Crippen LogP) is 1.92. The fourth-order valence-corrected chi connectivity index (χ4v) is 1.19. The van der Waals surface area contributed by atoms with Crippen molar-refractivity contribution in [3.8, 4) is 0 Å². The number of methoxy groups -OCH3 is 1. The summed E-state index contributed by atoms with van der Waals surface area (Å²) in [6.45, 7) is 2.15. The van der Waals surface area contributed by atoms with E-state index in [-0.39, 0.29) is 6.29 Å². The van der Waals surface area contributed by atoms with Gasteiger partial charge in [-0.05, 0) is 18.9 Å². The summed E-state index contributed by atoms with van der Waals surface area (Å²) >= 11 is 0. The summed E-state index contributed by atoms with van der Waals surface area (Å²) in [5.74, 6) is 0.537. The van der Waals surface area contributed by atoms with Crippen molar-refractivity contribution in [2.24, 2.45) is 5.92 Å². The zero-order valence-corrected chi connectivity index (χ0v) is 6.54. The molecule has 1 rings (SSSR count). The third-order valence-corrected chi connectivity index (χ3v) is 1.89. The van der Waals surface area contributed by atoms with Gasteiger partial charge in [0.05, 0.1) is 6.26 Å². The highest BCUT2D eigenvalue weighted by Crippen LogP contribution is 2.21. The average molecular weight is 142 g/mol. The molecule has 0 saturated carbocycles. The van der Waals surface area contributed by atoms with Crippen LogP contribution in [0.25, 0.3) is 0 Å². The van der Waals surface area contributed by atoms with Crippen LogP contribution in [0.2, 0.25) is 0 Å². The molecular formula is C8H14O2. The Balaban J connectivity index is 2.45. The second-order valence-electron chi connectivity index (χ2n) is 2.52. The minimum Gasteiger partial charge on any atom is -0.473 e. The van der Waals surface area contributed by atoms with Gasteiger partial charge in [0.1, 0.15) is 0 Å². The van der Waals surface area contributed by atoms with Crippen molar-refractivity contribution in [2.75, 3.05) is 7.11 Å². The Labute approximate surface area is 61.8 Å². The first-order valence-electron chi connectivity index (χ1n) is 3.71. The van der Waals surface area contributed by atoms with Crippen LogP contribution < -0.4 is 0 Å². The monoisotopic (exact) mass is 142 g/mol. The SMILES string of the molecule is CCC1CC=COC1OC. The van der Waals surface area contributed by atoms with Gasteiger partial charge in [-0.2, -0.15) is 0 Å². The van der Waals surface area contributed by atoms with E-state index in [9.17, 15) is 0 Å². The van der Waals surface area contributed by atoms with Crippen LogP contribution in [0.5, 0.6) is 0 Å². The normalized spacial score (nSPS) is 31.8. The zero-order chi connectivity index (χ0) is 7.40. The van der Waals surface area contributed by atoms with Gasteiger partial charge >= 0.3 is 0 Å². The lowest BCUT2D eigenvalue weighted by Gasteiger charge is -2.26. The molecule has 0 aromatic rings. The maximum absolute atomic E-state index is 5.23. The highest BCUT2D eigenvalue weighted by atomic mass is 16.7. The van der Waals surface area contributed by atoms with Gasteiger partial charge in [0, 0.05) is 13.0 Å². The van der Waals surface area contributed by atoms with Crippen LogP contribution >= 0.6 is 0 Å². The van der Waals surface area contributed by atoms with Crippen LogP contribution in [-0.2, 0) is 9.47 Å². The smallest absolute Gasteiger partial charge is 0.201 e. The van der Waals surface area contributed by atoms with E-state index in [1.165, 1.54) is 0 Å². The summed E-state index contributed by atoms with van der Waals surface area (Å²) in [5.41, 5.74) is 0. The predicted molar refractivity (Wildman–Crippen MR) is 39.4 cm³/mol. The van der Waals surface area contributed by atoms with E-state index >= 15 is 0 Å². The topological polar surface area (TPSA) is 18.5 Å². The third-order valence-electron chi connectivity index (χ3n) is 1.89. The van der Waals surface area contributed by atoms with Gasteiger partial charge in [0.25, 0.3) is 0 Å². The summed E-state index contributed by atoms with van der Waals surface area (Å²) in [6, 6.07) is 0. The van der Waals surface area contributed by atoms with Gasteiger partial charge in [-0.15, -0.1) is 0 Å². The molecule has 0 bridgehead atoms. The first-order valence-corrected chi connectivity index (χ1v) is 3.71. The second kappa shape index (κ2) is 3.62. The van der Waals surface area contributed by atoms with E-state index in [2.05, 4.69) is 6.92 Å². The number of hydrogen-bond acceptors (Lipinski definition) is 2. The number of allylic oxidation sites excluding steroid dienone is 1. The van der Waals surface area contributed by atoms with Gasteiger partial charge in [0.15, 0.2) is 0 Å². The number of rotatable bonds is 2. The fraction of sp³-hybridized carbons (Fsp3) is 0.750. The largest absolute Gasteiger partial charge is 0.473 e. The van der Waals surface area contributed by atoms with Gasteiger partial charge in [-0.3, -0.25) is 0 Å². The molecule has 0 aliphatic carbocycles. The van der Waals surface area contributed by atoms with Crippen molar-refractivity contribution < 1.29 is 9.47 Å². The molecule has 10 heavy (non-hydrogen) atoms. The minimum atomic E-state index is -0.0185. The number of ether oxygens (including phenoxy) is 2. The Morgan fingerprint density at radius 3 is 3.00 bits per heavy atom. The molecule has 0 radical (unpaired) electrons. The van der Waals surface area contributed by atoms with E-state index in [0.29, 0.717) is 5.92 Å². The van der Waals surface area contributed by atoms with Crippen LogP contribution in [0.3, 0.4) is 0 Å².